The van der Waals surface area contributed by atoms with Crippen LogP contribution in [0.5, 0.6) is 0 Å². The van der Waals surface area contributed by atoms with Crippen molar-refractivity contribution < 1.29 is 4.79 Å². The molecule has 16 heavy (non-hydrogen) atoms. The number of carbonyl (C=O) groups excluding carboxylic acids is 1. The largest absolute Gasteiger partial charge is 0.290 e. The molecule has 1 aromatic rings. The molecule has 3 N–H and O–H groups in total. The number of carbonyl (C=O) groups is 1. The van der Waals surface area contributed by atoms with Gasteiger partial charge in [0.05, 0.1) is 0 Å². The highest BCUT2D eigenvalue weighted by Gasteiger charge is 2.12. The quantitative estimate of drug-likeness (QED) is 0.463. The Balaban J connectivity index is 3.11. The molecule has 0 aliphatic carbocycles. The van der Waals surface area contributed by atoms with Crippen LogP contribution in [0.4, 0.5) is 0 Å². The molecule has 88 valence electrons. The van der Waals surface area contributed by atoms with Gasteiger partial charge in [-0.25, -0.2) is 5.84 Å². The van der Waals surface area contributed by atoms with Crippen molar-refractivity contribution in [1.82, 2.24) is 10.4 Å². The van der Waals surface area contributed by atoms with E-state index in [-0.39, 0.29) is 5.91 Å². The Bertz CT molecular complexity index is 373. The number of pyridine rings is 1. The van der Waals surface area contributed by atoms with E-state index >= 15 is 0 Å². The summed E-state index contributed by atoms with van der Waals surface area (Å²) in [6, 6.07) is 3.57. The lowest BCUT2D eigenvalue weighted by Gasteiger charge is -2.13. The fraction of sp³-hybridized carbons (Fsp3) is 0.500. The number of nitrogen functional groups attached to an aromatic ring is 1. The van der Waals surface area contributed by atoms with Crippen LogP contribution in [0.2, 0.25) is 0 Å². The maximum absolute atomic E-state index is 11.5. The molecule has 0 fully saturated rings. The maximum atomic E-state index is 11.5. The van der Waals surface area contributed by atoms with Gasteiger partial charge >= 0.3 is 0 Å². The number of hydrazine groups is 1. The van der Waals surface area contributed by atoms with Crippen molar-refractivity contribution in [3.05, 3.63) is 29.1 Å². The number of nitrogens with one attached hydrogen (secondary N) is 1. The summed E-state index contributed by atoms with van der Waals surface area (Å²) < 4.78 is 0. The van der Waals surface area contributed by atoms with Crippen molar-refractivity contribution in [2.75, 3.05) is 0 Å². The second-order valence-electron chi connectivity index (χ2n) is 3.91. The molecule has 0 aromatic carbocycles. The first-order valence-corrected chi connectivity index (χ1v) is 5.61. The van der Waals surface area contributed by atoms with Gasteiger partial charge in [-0.05, 0) is 31.9 Å². The fourth-order valence-corrected chi connectivity index (χ4v) is 1.82. The molecule has 0 bridgehead atoms. The van der Waals surface area contributed by atoms with Crippen LogP contribution >= 0.6 is 0 Å². The highest BCUT2D eigenvalue weighted by Crippen LogP contribution is 2.22. The van der Waals surface area contributed by atoms with Gasteiger partial charge in [-0.1, -0.05) is 13.8 Å². The van der Waals surface area contributed by atoms with Crippen molar-refractivity contribution in [3.63, 3.8) is 0 Å². The molecule has 0 radical (unpaired) electrons. The average molecular weight is 221 g/mol. The second kappa shape index (κ2) is 5.61. The third-order valence-electron chi connectivity index (χ3n) is 2.77. The number of hydrogen-bond donors (Lipinski definition) is 2. The van der Waals surface area contributed by atoms with Gasteiger partial charge in [-0.3, -0.25) is 15.2 Å². The lowest BCUT2D eigenvalue weighted by Crippen LogP contribution is -2.30. The highest BCUT2D eigenvalue weighted by molar-refractivity contribution is 5.93. The number of amides is 1. The molecule has 0 saturated heterocycles. The molecule has 1 amide bonds. The summed E-state index contributed by atoms with van der Waals surface area (Å²) in [4.78, 5) is 15.9. The van der Waals surface area contributed by atoms with Crippen LogP contribution < -0.4 is 11.3 Å². The zero-order chi connectivity index (χ0) is 12.1. The topological polar surface area (TPSA) is 68.0 Å². The van der Waals surface area contributed by atoms with E-state index in [9.17, 15) is 4.79 Å². The van der Waals surface area contributed by atoms with Crippen LogP contribution in [0.3, 0.4) is 0 Å². The van der Waals surface area contributed by atoms with Gasteiger partial charge in [-0.2, -0.15) is 0 Å². The minimum atomic E-state index is -0.266. The maximum Gasteiger partial charge on any atom is 0.265 e. The van der Waals surface area contributed by atoms with E-state index in [1.807, 2.05) is 13.0 Å². The van der Waals surface area contributed by atoms with Crippen LogP contribution in [-0.2, 0) is 0 Å². The number of nitrogens with zero attached hydrogens (tertiary/aromatic N) is 1. The Morgan fingerprint density at radius 1 is 1.44 bits per heavy atom. The SMILES string of the molecule is CCC(CC)c1cc(C(=O)NN)cc(C)n1. The molecule has 0 atom stereocenters. The molecule has 1 aromatic heterocycles. The van der Waals surface area contributed by atoms with Crippen molar-refractivity contribution in [2.45, 2.75) is 39.5 Å². The lowest BCUT2D eigenvalue weighted by molar-refractivity contribution is 0.0953. The van der Waals surface area contributed by atoms with Gasteiger partial charge in [0.25, 0.3) is 5.91 Å². The molecule has 0 aliphatic rings. The van der Waals surface area contributed by atoms with E-state index in [4.69, 9.17) is 5.84 Å². The lowest BCUT2D eigenvalue weighted by atomic mass is 9.97. The molecule has 4 heteroatoms. The molecule has 1 heterocycles. The van der Waals surface area contributed by atoms with Crippen LogP contribution in [0.1, 0.15) is 54.4 Å². The summed E-state index contributed by atoms with van der Waals surface area (Å²) in [6.45, 7) is 6.14. The summed E-state index contributed by atoms with van der Waals surface area (Å²) in [5.41, 5.74) is 4.55. The van der Waals surface area contributed by atoms with Crippen LogP contribution in [0.15, 0.2) is 12.1 Å². The molecule has 1 rings (SSSR count). The van der Waals surface area contributed by atoms with E-state index in [0.29, 0.717) is 11.5 Å². The Morgan fingerprint density at radius 3 is 2.56 bits per heavy atom. The number of nitrogens with two attached hydrogens (primary N) is 1. The molecular formula is C12H19N3O. The second-order valence-corrected chi connectivity index (χ2v) is 3.91. The molecular weight excluding hydrogens is 202 g/mol. The van der Waals surface area contributed by atoms with Gasteiger partial charge in [0.2, 0.25) is 0 Å². The van der Waals surface area contributed by atoms with Gasteiger partial charge in [-0.15, -0.1) is 0 Å². The van der Waals surface area contributed by atoms with Gasteiger partial charge < -0.3 is 0 Å². The number of rotatable bonds is 4. The predicted octanol–water partition coefficient (Wildman–Crippen LogP) is 1.90. The molecule has 0 spiro atoms. The highest BCUT2D eigenvalue weighted by atomic mass is 16.2. The third kappa shape index (κ3) is 2.79. The van der Waals surface area contributed by atoms with E-state index in [1.54, 1.807) is 6.07 Å². The van der Waals surface area contributed by atoms with Gasteiger partial charge in [0.1, 0.15) is 0 Å². The minimum Gasteiger partial charge on any atom is -0.290 e. The van der Waals surface area contributed by atoms with Crippen molar-refractivity contribution in [3.8, 4) is 0 Å². The average Bonchev–Trinajstić information content (AvgIpc) is 2.29. The van der Waals surface area contributed by atoms with E-state index in [2.05, 4.69) is 24.3 Å². The molecule has 0 aliphatic heterocycles. The van der Waals surface area contributed by atoms with Crippen LogP contribution in [-0.4, -0.2) is 10.9 Å². The van der Waals surface area contributed by atoms with Crippen molar-refractivity contribution >= 4 is 5.91 Å². The zero-order valence-corrected chi connectivity index (χ0v) is 10.1. The molecule has 4 nitrogen and oxygen atoms in total. The summed E-state index contributed by atoms with van der Waals surface area (Å²) in [5.74, 6) is 5.27. The van der Waals surface area contributed by atoms with E-state index < -0.39 is 0 Å². The molecule has 0 unspecified atom stereocenters. The fourth-order valence-electron chi connectivity index (χ4n) is 1.82. The Labute approximate surface area is 96.2 Å². The first-order chi connectivity index (χ1) is 7.62. The van der Waals surface area contributed by atoms with E-state index in [0.717, 1.165) is 24.2 Å². The predicted molar refractivity (Wildman–Crippen MR) is 64.0 cm³/mol. The van der Waals surface area contributed by atoms with Crippen LogP contribution in [0.25, 0.3) is 0 Å². The Kier molecular flexibility index (Phi) is 4.43. The Morgan fingerprint density at radius 2 is 2.06 bits per heavy atom. The zero-order valence-electron chi connectivity index (χ0n) is 10.1. The number of aromatic nitrogens is 1. The van der Waals surface area contributed by atoms with Crippen molar-refractivity contribution in [2.24, 2.45) is 5.84 Å². The van der Waals surface area contributed by atoms with Gasteiger partial charge in [0, 0.05) is 22.9 Å². The normalized spacial score (nSPS) is 10.6. The smallest absolute Gasteiger partial charge is 0.265 e. The number of aryl methyl sites for hydroxylation is 1. The summed E-state index contributed by atoms with van der Waals surface area (Å²) >= 11 is 0. The monoisotopic (exact) mass is 221 g/mol. The summed E-state index contributed by atoms with van der Waals surface area (Å²) in [5, 5.41) is 0. The Hall–Kier alpha value is -1.42. The first kappa shape index (κ1) is 12.6. The standard InChI is InChI=1S/C12H19N3O/c1-4-9(5-2)11-7-10(12(16)15-13)6-8(3)14-11/h6-7,9H,4-5,13H2,1-3H3,(H,15,16). The molecule has 0 saturated carbocycles. The van der Waals surface area contributed by atoms with E-state index in [1.165, 1.54) is 0 Å². The van der Waals surface area contributed by atoms with Gasteiger partial charge in [0.15, 0.2) is 0 Å². The first-order valence-electron chi connectivity index (χ1n) is 5.61. The van der Waals surface area contributed by atoms with Crippen molar-refractivity contribution in [1.29, 1.82) is 0 Å². The third-order valence-corrected chi connectivity index (χ3v) is 2.77. The summed E-state index contributed by atoms with van der Waals surface area (Å²) in [6.07, 6.45) is 2.05. The summed E-state index contributed by atoms with van der Waals surface area (Å²) in [7, 11) is 0. The van der Waals surface area contributed by atoms with Crippen LogP contribution in [0, 0.1) is 6.92 Å². The number of hydrogen-bond acceptors (Lipinski definition) is 3. The minimum absolute atomic E-state index is 0.266.